The molecule has 0 amide bonds. The molecule has 0 saturated carbocycles. The van der Waals surface area contributed by atoms with E-state index in [0.29, 0.717) is 30.9 Å². The number of carboxylic acid groups (broad SMARTS) is 1. The molecule has 4 rings (SSSR count). The maximum atomic E-state index is 11.9. The molecule has 0 aromatic heterocycles. The van der Waals surface area contributed by atoms with Gasteiger partial charge in [-0.25, -0.2) is 13.2 Å². The van der Waals surface area contributed by atoms with E-state index in [4.69, 9.17) is 4.74 Å². The minimum Gasteiger partial charge on any atom is -0.489 e. The number of anilines is 2. The molecule has 1 heterocycles. The van der Waals surface area contributed by atoms with E-state index in [1.165, 1.54) is 25.0 Å². The normalized spacial score (nSPS) is 13.4. The van der Waals surface area contributed by atoms with Crippen LogP contribution >= 0.6 is 0 Å². The van der Waals surface area contributed by atoms with Crippen molar-refractivity contribution < 1.29 is 28.0 Å². The molecule has 0 unspecified atom stereocenters. The summed E-state index contributed by atoms with van der Waals surface area (Å²) < 4.78 is 29.8. The molecule has 47 heavy (non-hydrogen) atoms. The molecule has 0 bridgehead atoms. The van der Waals surface area contributed by atoms with Gasteiger partial charge in [0.15, 0.2) is 9.84 Å². The van der Waals surface area contributed by atoms with Crippen LogP contribution in [0.25, 0.3) is 0 Å². The fraction of sp³-hybridized carbons (Fsp3) is 0.472. The van der Waals surface area contributed by atoms with Gasteiger partial charge in [0, 0.05) is 55.8 Å². The van der Waals surface area contributed by atoms with Crippen molar-refractivity contribution in [1.29, 1.82) is 0 Å². The molecule has 1 aliphatic heterocycles. The maximum Gasteiger partial charge on any atom is 0.335 e. The summed E-state index contributed by atoms with van der Waals surface area (Å²) in [5, 5.41) is 20.9. The Kier molecular flexibility index (Phi) is 16.2. The Hall–Kier alpha value is -4.12. The highest BCUT2D eigenvalue weighted by Crippen LogP contribution is 2.29. The van der Waals surface area contributed by atoms with E-state index in [1.807, 2.05) is 61.0 Å². The van der Waals surface area contributed by atoms with Gasteiger partial charge < -0.3 is 19.6 Å². The summed E-state index contributed by atoms with van der Waals surface area (Å²) in [4.78, 5) is 26.5. The molecule has 0 atom stereocenters. The molecule has 258 valence electrons. The number of hydrogen-bond acceptors (Lipinski definition) is 8. The van der Waals surface area contributed by atoms with Crippen LogP contribution in [0.4, 0.5) is 17.1 Å². The highest BCUT2D eigenvalue weighted by atomic mass is 32.2. The highest BCUT2D eigenvalue weighted by Gasteiger charge is 2.24. The van der Waals surface area contributed by atoms with Gasteiger partial charge in [-0.05, 0) is 54.3 Å². The monoisotopic (exact) mass is 669 g/mol. The van der Waals surface area contributed by atoms with Crippen molar-refractivity contribution in [2.24, 2.45) is 0 Å². The summed E-state index contributed by atoms with van der Waals surface area (Å²) in [6.45, 7) is 11.8. The molecule has 3 aromatic carbocycles. The molecule has 0 spiro atoms. The molecular formula is C36H51N3O7S. The van der Waals surface area contributed by atoms with E-state index in [2.05, 4.69) is 20.8 Å². The summed E-state index contributed by atoms with van der Waals surface area (Å²) in [7, 11) is -1.13. The first-order valence-corrected chi connectivity index (χ1v) is 18.3. The summed E-state index contributed by atoms with van der Waals surface area (Å²) in [6.07, 6.45) is 5.57. The second-order valence-electron chi connectivity index (χ2n) is 11.2. The van der Waals surface area contributed by atoms with Crippen molar-refractivity contribution in [3.63, 3.8) is 0 Å². The second-order valence-corrected chi connectivity index (χ2v) is 13.6. The van der Waals surface area contributed by atoms with Crippen LogP contribution < -0.4 is 14.5 Å². The summed E-state index contributed by atoms with van der Waals surface area (Å²) in [5.74, 6) is -0.283. The van der Waals surface area contributed by atoms with Crippen LogP contribution in [0.3, 0.4) is 0 Å². The molecule has 0 radical (unpaired) electrons. The molecule has 1 saturated heterocycles. The lowest BCUT2D eigenvalue weighted by molar-refractivity contribution is -0.384. The second kappa shape index (κ2) is 19.5. The third-order valence-corrected chi connectivity index (χ3v) is 9.35. The van der Waals surface area contributed by atoms with Gasteiger partial charge in [-0.15, -0.1) is 0 Å². The lowest BCUT2D eigenvalue weighted by atomic mass is 10.0. The lowest BCUT2D eigenvalue weighted by Gasteiger charge is -2.30. The number of ether oxygens (including phenoxy) is 1. The number of benzene rings is 3. The number of nitrogens with zero attached hydrogens (tertiary/aromatic N) is 3. The first-order chi connectivity index (χ1) is 22.5. The number of nitro groups is 1. The molecule has 11 heteroatoms. The molecular weight excluding hydrogens is 618 g/mol. The fourth-order valence-electron chi connectivity index (χ4n) is 4.90. The Bertz CT molecular complexity index is 1530. The number of rotatable bonds is 13. The number of non-ortho nitro benzene ring substituents is 1. The number of unbranched alkanes of at least 4 members (excludes halogenated alkanes) is 2. The number of nitro benzene ring substituents is 1. The third kappa shape index (κ3) is 12.2. The van der Waals surface area contributed by atoms with E-state index in [0.717, 1.165) is 41.8 Å². The average molecular weight is 670 g/mol. The molecule has 1 N–H and O–H groups in total. The molecule has 1 aliphatic rings. The Morgan fingerprint density at radius 2 is 1.57 bits per heavy atom. The van der Waals surface area contributed by atoms with Crippen molar-refractivity contribution in [2.45, 2.75) is 79.9 Å². The van der Waals surface area contributed by atoms with Crippen molar-refractivity contribution >= 4 is 32.9 Å². The average Bonchev–Trinajstić information content (AvgIpc) is 3.07. The largest absolute Gasteiger partial charge is 0.489 e. The standard InChI is InChI=1S/C30H35N3O7S.C4H10.C2H6/c1-3-4-5-23-8-9-24(30(34)35)19-29(23)31(2)20-22-6-11-27(12-7-22)40-21-25-18-26(33(36)37)10-13-28(25)32-14-16-41(38,39)17-15-32;1-3-4-2;1-2/h6-13,18-19H,3-5,14-17,20-21H2,1-2H3,(H,34,35);3-4H2,1-2H3;1-2H3. The van der Waals surface area contributed by atoms with Gasteiger partial charge in [0.1, 0.15) is 12.4 Å². The summed E-state index contributed by atoms with van der Waals surface area (Å²) in [6, 6.07) is 17.4. The molecule has 0 aliphatic carbocycles. The van der Waals surface area contributed by atoms with E-state index in [-0.39, 0.29) is 29.4 Å². The van der Waals surface area contributed by atoms with E-state index < -0.39 is 20.7 Å². The van der Waals surface area contributed by atoms with Crippen molar-refractivity contribution in [3.8, 4) is 5.75 Å². The number of sulfone groups is 1. The Labute approximate surface area is 280 Å². The van der Waals surface area contributed by atoms with Crippen LogP contribution in [0, 0.1) is 10.1 Å². The smallest absolute Gasteiger partial charge is 0.335 e. The van der Waals surface area contributed by atoms with Crippen LogP contribution in [0.1, 0.15) is 87.4 Å². The molecule has 10 nitrogen and oxygen atoms in total. The van der Waals surface area contributed by atoms with Gasteiger partial charge in [0.25, 0.3) is 5.69 Å². The minimum atomic E-state index is -3.07. The summed E-state index contributed by atoms with van der Waals surface area (Å²) in [5.41, 5.74) is 4.54. The zero-order valence-electron chi connectivity index (χ0n) is 28.7. The van der Waals surface area contributed by atoms with E-state index in [9.17, 15) is 28.4 Å². The number of aryl methyl sites for hydroxylation is 1. The van der Waals surface area contributed by atoms with E-state index in [1.54, 1.807) is 18.2 Å². The van der Waals surface area contributed by atoms with Gasteiger partial charge in [0.05, 0.1) is 22.0 Å². The van der Waals surface area contributed by atoms with Crippen LogP contribution in [0.2, 0.25) is 0 Å². The van der Waals surface area contributed by atoms with Crippen molar-refractivity contribution in [2.75, 3.05) is 41.4 Å². The zero-order valence-corrected chi connectivity index (χ0v) is 29.5. The topological polar surface area (TPSA) is 130 Å². The Morgan fingerprint density at radius 3 is 2.13 bits per heavy atom. The first kappa shape index (κ1) is 39.1. The predicted octanol–water partition coefficient (Wildman–Crippen LogP) is 7.92. The zero-order chi connectivity index (χ0) is 35.0. The fourth-order valence-corrected chi connectivity index (χ4v) is 6.11. The van der Waals surface area contributed by atoms with E-state index >= 15 is 0 Å². The van der Waals surface area contributed by atoms with Crippen LogP contribution in [-0.2, 0) is 29.4 Å². The highest BCUT2D eigenvalue weighted by molar-refractivity contribution is 7.91. The molecule has 3 aromatic rings. The van der Waals surface area contributed by atoms with Gasteiger partial charge in [-0.2, -0.15) is 0 Å². The van der Waals surface area contributed by atoms with Gasteiger partial charge in [-0.3, -0.25) is 10.1 Å². The first-order valence-electron chi connectivity index (χ1n) is 16.5. The Morgan fingerprint density at radius 1 is 0.936 bits per heavy atom. The summed E-state index contributed by atoms with van der Waals surface area (Å²) >= 11 is 0. The number of hydrogen-bond donors (Lipinski definition) is 1. The Balaban J connectivity index is 0.00000119. The van der Waals surface area contributed by atoms with Gasteiger partial charge in [0.2, 0.25) is 0 Å². The maximum absolute atomic E-state index is 11.9. The van der Waals surface area contributed by atoms with Crippen molar-refractivity contribution in [1.82, 2.24) is 0 Å². The minimum absolute atomic E-state index is 0.0426. The van der Waals surface area contributed by atoms with Crippen LogP contribution in [-0.4, -0.2) is 56.1 Å². The van der Waals surface area contributed by atoms with Gasteiger partial charge in [-0.1, -0.05) is 72.1 Å². The number of aromatic carboxylic acids is 1. The number of carboxylic acids is 1. The third-order valence-electron chi connectivity index (χ3n) is 7.74. The van der Waals surface area contributed by atoms with Gasteiger partial charge >= 0.3 is 5.97 Å². The predicted molar refractivity (Wildman–Crippen MR) is 191 cm³/mol. The SMILES string of the molecule is CC.CCCC.CCCCc1ccc(C(=O)O)cc1N(C)Cc1ccc(OCc2cc([N+](=O)[O-])ccc2N2CCS(=O)(=O)CC2)cc1. The molecule has 1 fully saturated rings. The number of carbonyl (C=O) groups is 1. The quantitative estimate of drug-likeness (QED) is 0.142. The van der Waals surface area contributed by atoms with Crippen LogP contribution in [0.5, 0.6) is 5.75 Å². The van der Waals surface area contributed by atoms with Crippen molar-refractivity contribution in [3.05, 3.63) is 93.0 Å². The lowest BCUT2D eigenvalue weighted by Crippen LogP contribution is -2.40. The van der Waals surface area contributed by atoms with Crippen LogP contribution in [0.15, 0.2) is 60.7 Å².